The predicted octanol–water partition coefficient (Wildman–Crippen LogP) is 1.96. The highest BCUT2D eigenvalue weighted by Gasteiger charge is 2.17. The summed E-state index contributed by atoms with van der Waals surface area (Å²) in [7, 11) is 0. The van der Waals surface area contributed by atoms with Crippen molar-refractivity contribution < 1.29 is 5.11 Å². The summed E-state index contributed by atoms with van der Waals surface area (Å²) in [4.78, 5) is 8.40. The number of hydrogen-bond acceptors (Lipinski definition) is 3. The third-order valence-electron chi connectivity index (χ3n) is 3.11. The molecule has 0 aliphatic carbocycles. The molecule has 2 aromatic rings. The van der Waals surface area contributed by atoms with E-state index in [1.165, 1.54) is 0 Å². The van der Waals surface area contributed by atoms with E-state index in [9.17, 15) is 5.11 Å². The van der Waals surface area contributed by atoms with E-state index in [4.69, 9.17) is 0 Å². The van der Waals surface area contributed by atoms with Gasteiger partial charge in [-0.1, -0.05) is 0 Å². The smallest absolute Gasteiger partial charge is 0.111 e. The molecule has 1 N–H and O–H groups in total. The lowest BCUT2D eigenvalue weighted by Crippen LogP contribution is -2.13. The predicted molar refractivity (Wildman–Crippen MR) is 69.2 cm³/mol. The SMILES string of the molecule is CCn1ccnc1CC(O)c1cncn1C(C)C. The Hall–Kier alpha value is -1.62. The monoisotopic (exact) mass is 248 g/mol. The second-order valence-electron chi connectivity index (χ2n) is 4.67. The maximum Gasteiger partial charge on any atom is 0.111 e. The van der Waals surface area contributed by atoms with Crippen LogP contribution in [0.2, 0.25) is 0 Å². The van der Waals surface area contributed by atoms with E-state index >= 15 is 0 Å². The highest BCUT2D eigenvalue weighted by molar-refractivity contribution is 5.07. The van der Waals surface area contributed by atoms with Crippen LogP contribution in [0.1, 0.15) is 44.4 Å². The van der Waals surface area contributed by atoms with Crippen LogP contribution in [0, 0.1) is 0 Å². The number of hydrogen-bond donors (Lipinski definition) is 1. The van der Waals surface area contributed by atoms with Gasteiger partial charge >= 0.3 is 0 Å². The number of rotatable bonds is 5. The van der Waals surface area contributed by atoms with Crippen molar-refractivity contribution in [3.05, 3.63) is 36.4 Å². The molecule has 0 bridgehead atoms. The molecule has 18 heavy (non-hydrogen) atoms. The molecule has 0 saturated carbocycles. The molecule has 0 aromatic carbocycles. The first-order valence-corrected chi connectivity index (χ1v) is 6.33. The Morgan fingerprint density at radius 1 is 1.39 bits per heavy atom. The summed E-state index contributed by atoms with van der Waals surface area (Å²) in [6, 6.07) is 0.295. The summed E-state index contributed by atoms with van der Waals surface area (Å²) in [6.45, 7) is 7.08. The van der Waals surface area contributed by atoms with Gasteiger partial charge in [-0.2, -0.15) is 0 Å². The van der Waals surface area contributed by atoms with Gasteiger partial charge in [0.15, 0.2) is 0 Å². The fraction of sp³-hybridized carbons (Fsp3) is 0.538. The number of nitrogens with zero attached hydrogens (tertiary/aromatic N) is 4. The van der Waals surface area contributed by atoms with Gasteiger partial charge in [-0.3, -0.25) is 0 Å². The maximum absolute atomic E-state index is 10.3. The standard InChI is InChI=1S/C13H20N4O/c1-4-16-6-5-15-13(16)7-12(18)11-8-14-9-17(11)10(2)3/h5-6,8-10,12,18H,4,7H2,1-3H3. The number of aromatic nitrogens is 4. The lowest BCUT2D eigenvalue weighted by atomic mass is 10.1. The van der Waals surface area contributed by atoms with Crippen LogP contribution in [0.5, 0.6) is 0 Å². The van der Waals surface area contributed by atoms with Gasteiger partial charge in [-0.05, 0) is 20.8 Å². The third kappa shape index (κ3) is 2.46. The Morgan fingerprint density at radius 2 is 2.17 bits per heavy atom. The Labute approximate surface area is 107 Å². The van der Waals surface area contributed by atoms with Crippen molar-refractivity contribution in [2.24, 2.45) is 0 Å². The molecule has 2 aromatic heterocycles. The van der Waals surface area contributed by atoms with Gasteiger partial charge in [0.05, 0.1) is 18.2 Å². The Morgan fingerprint density at radius 3 is 2.83 bits per heavy atom. The Balaban J connectivity index is 2.17. The van der Waals surface area contributed by atoms with Gasteiger partial charge in [0.25, 0.3) is 0 Å². The van der Waals surface area contributed by atoms with Crippen molar-refractivity contribution in [3.8, 4) is 0 Å². The van der Waals surface area contributed by atoms with Crippen molar-refractivity contribution in [2.45, 2.75) is 45.9 Å². The maximum atomic E-state index is 10.3. The van der Waals surface area contributed by atoms with E-state index in [-0.39, 0.29) is 0 Å². The number of aliphatic hydroxyl groups excluding tert-OH is 1. The van der Waals surface area contributed by atoms with Crippen LogP contribution >= 0.6 is 0 Å². The Bertz CT molecular complexity index is 501. The van der Waals surface area contributed by atoms with Crippen LogP contribution in [0.4, 0.5) is 0 Å². The lowest BCUT2D eigenvalue weighted by Gasteiger charge is -2.16. The average Bonchev–Trinajstić information content (AvgIpc) is 2.96. The summed E-state index contributed by atoms with van der Waals surface area (Å²) in [5.74, 6) is 0.904. The topological polar surface area (TPSA) is 55.9 Å². The van der Waals surface area contributed by atoms with Crippen molar-refractivity contribution in [1.82, 2.24) is 19.1 Å². The number of aryl methyl sites for hydroxylation is 1. The minimum Gasteiger partial charge on any atom is -0.386 e. The van der Waals surface area contributed by atoms with E-state index in [1.807, 2.05) is 15.3 Å². The molecule has 0 radical (unpaired) electrons. The Kier molecular flexibility index (Phi) is 3.81. The van der Waals surface area contributed by atoms with Gasteiger partial charge in [-0.25, -0.2) is 9.97 Å². The molecule has 1 unspecified atom stereocenters. The van der Waals surface area contributed by atoms with Crippen molar-refractivity contribution >= 4 is 0 Å². The van der Waals surface area contributed by atoms with E-state index in [0.29, 0.717) is 12.5 Å². The van der Waals surface area contributed by atoms with E-state index in [0.717, 1.165) is 18.1 Å². The zero-order chi connectivity index (χ0) is 13.1. The number of imidazole rings is 2. The van der Waals surface area contributed by atoms with Crippen LogP contribution in [-0.2, 0) is 13.0 Å². The zero-order valence-electron chi connectivity index (χ0n) is 11.1. The molecule has 98 valence electrons. The summed E-state index contributed by atoms with van der Waals surface area (Å²) in [5.41, 5.74) is 0.843. The quantitative estimate of drug-likeness (QED) is 0.880. The molecule has 0 saturated heterocycles. The van der Waals surface area contributed by atoms with Crippen LogP contribution < -0.4 is 0 Å². The molecule has 1 atom stereocenters. The molecule has 0 spiro atoms. The minimum atomic E-state index is -0.567. The largest absolute Gasteiger partial charge is 0.386 e. The molecule has 0 amide bonds. The molecule has 0 aliphatic rings. The van der Waals surface area contributed by atoms with Gasteiger partial charge in [0.2, 0.25) is 0 Å². The van der Waals surface area contributed by atoms with Crippen LogP contribution in [0.3, 0.4) is 0 Å². The molecule has 5 nitrogen and oxygen atoms in total. The van der Waals surface area contributed by atoms with Crippen LogP contribution in [-0.4, -0.2) is 24.2 Å². The summed E-state index contributed by atoms with van der Waals surface area (Å²) < 4.78 is 4.03. The molecule has 0 aliphatic heterocycles. The highest BCUT2D eigenvalue weighted by atomic mass is 16.3. The summed E-state index contributed by atoms with van der Waals surface area (Å²) in [6.07, 6.45) is 7.13. The van der Waals surface area contributed by atoms with Gasteiger partial charge in [0, 0.05) is 31.4 Å². The van der Waals surface area contributed by atoms with Crippen molar-refractivity contribution in [2.75, 3.05) is 0 Å². The summed E-state index contributed by atoms with van der Waals surface area (Å²) >= 11 is 0. The van der Waals surface area contributed by atoms with Crippen molar-refractivity contribution in [3.63, 3.8) is 0 Å². The zero-order valence-corrected chi connectivity index (χ0v) is 11.1. The third-order valence-corrected chi connectivity index (χ3v) is 3.11. The average molecular weight is 248 g/mol. The summed E-state index contributed by atoms with van der Waals surface area (Å²) in [5, 5.41) is 10.3. The van der Waals surface area contributed by atoms with Crippen LogP contribution in [0.15, 0.2) is 24.9 Å². The van der Waals surface area contributed by atoms with Gasteiger partial charge in [0.1, 0.15) is 11.9 Å². The first-order chi connectivity index (χ1) is 8.63. The van der Waals surface area contributed by atoms with Crippen molar-refractivity contribution in [1.29, 1.82) is 0 Å². The molecular formula is C13H20N4O. The number of aliphatic hydroxyl groups is 1. The normalized spacial score (nSPS) is 13.2. The van der Waals surface area contributed by atoms with E-state index in [1.54, 1.807) is 18.7 Å². The minimum absolute atomic E-state index is 0.295. The fourth-order valence-corrected chi connectivity index (χ4v) is 2.10. The lowest BCUT2D eigenvalue weighted by molar-refractivity contribution is 0.163. The highest BCUT2D eigenvalue weighted by Crippen LogP contribution is 2.20. The molecule has 2 rings (SSSR count). The molecule has 2 heterocycles. The first-order valence-electron chi connectivity index (χ1n) is 6.33. The molecule has 5 heteroatoms. The van der Waals surface area contributed by atoms with Crippen LogP contribution in [0.25, 0.3) is 0 Å². The second-order valence-corrected chi connectivity index (χ2v) is 4.67. The fourth-order valence-electron chi connectivity index (χ4n) is 2.10. The first kappa shape index (κ1) is 12.8. The van der Waals surface area contributed by atoms with E-state index < -0.39 is 6.10 Å². The van der Waals surface area contributed by atoms with Gasteiger partial charge in [-0.15, -0.1) is 0 Å². The molecule has 0 fully saturated rings. The van der Waals surface area contributed by atoms with E-state index in [2.05, 4.69) is 30.7 Å². The van der Waals surface area contributed by atoms with Gasteiger partial charge < -0.3 is 14.2 Å². The molecular weight excluding hydrogens is 228 g/mol. The second kappa shape index (κ2) is 5.35.